The standard InChI is InChI=1S/2ClH.3Hg.O/h2*1H;;;;/q;;;2*+1;/p-2. The van der Waals surface area contributed by atoms with Crippen LogP contribution in [0.25, 0.3) is 0 Å². The van der Waals surface area contributed by atoms with Crippen LogP contribution in [0.1, 0.15) is 0 Å². The van der Waals surface area contributed by atoms with Crippen molar-refractivity contribution in [3.63, 3.8) is 0 Å². The molecule has 0 bridgehead atoms. The van der Waals surface area contributed by atoms with Crippen LogP contribution >= 0.6 is 16.5 Å². The number of hydrogen-bond acceptors (Lipinski definition) is 1. The number of hydrogen-bond donors (Lipinski definition) is 0. The molecular weight excluding hydrogens is 689 g/mol. The van der Waals surface area contributed by atoms with Crippen LogP contribution < -0.4 is 0 Å². The van der Waals surface area contributed by atoms with E-state index in [2.05, 4.69) is 0 Å². The minimum absolute atomic E-state index is 0.222. The van der Waals surface area contributed by atoms with Gasteiger partial charge in [0.2, 0.25) is 0 Å². The van der Waals surface area contributed by atoms with Gasteiger partial charge in [-0.05, 0) is 0 Å². The van der Waals surface area contributed by atoms with Gasteiger partial charge in [-0.2, -0.15) is 0 Å². The molecule has 0 aromatic carbocycles. The maximum atomic E-state index is 8.44. The average molecular weight is 689 g/mol. The first-order valence-electron chi connectivity index (χ1n) is 1.32. The summed E-state index contributed by atoms with van der Waals surface area (Å²) in [4.78, 5) is 0. The van der Waals surface area contributed by atoms with Crippen molar-refractivity contribution in [1.29, 1.82) is 0 Å². The number of halogens is 2. The van der Waals surface area contributed by atoms with E-state index in [1.165, 1.54) is 0 Å². The van der Waals surface area contributed by atoms with Crippen LogP contribution in [0, 0.1) is 0 Å². The van der Waals surface area contributed by atoms with Crippen molar-refractivity contribution < 1.29 is 64.7 Å². The van der Waals surface area contributed by atoms with E-state index in [4.69, 9.17) is 19.1 Å². The second-order valence-electron chi connectivity index (χ2n) is 0.378. The van der Waals surface area contributed by atoms with Crippen molar-refractivity contribution in [2.24, 2.45) is 0 Å². The SMILES string of the molecule is [Cl][Hg][Hg][Cl].[O]=[Hg]. The van der Waals surface area contributed by atoms with E-state index in [0.717, 1.165) is 0 Å². The van der Waals surface area contributed by atoms with Crippen LogP contribution in [0.4, 0.5) is 0 Å². The molecule has 0 unspecified atom stereocenters. The van der Waals surface area contributed by atoms with Crippen molar-refractivity contribution in [1.82, 2.24) is 0 Å². The molecule has 0 saturated carbocycles. The van der Waals surface area contributed by atoms with Crippen LogP contribution in [-0.4, -0.2) is 0 Å². The molecule has 0 fully saturated rings. The second-order valence-corrected chi connectivity index (χ2v) is 87.3. The van der Waals surface area contributed by atoms with E-state index in [-0.39, 0.29) is 26.1 Å². The normalized spacial score (nSPS) is 3.33. The predicted molar refractivity (Wildman–Crippen MR) is 12.4 cm³/mol. The Morgan fingerprint density at radius 1 is 1.17 bits per heavy atom. The molecule has 0 amide bonds. The molecule has 0 aromatic heterocycles. The van der Waals surface area contributed by atoms with Crippen molar-refractivity contribution in [2.45, 2.75) is 0 Å². The van der Waals surface area contributed by atoms with Gasteiger partial charge in [-0.25, -0.2) is 0 Å². The zero-order chi connectivity index (χ0) is 5.41. The van der Waals surface area contributed by atoms with Crippen LogP contribution in [0.3, 0.4) is 0 Å². The van der Waals surface area contributed by atoms with E-state index in [1.54, 1.807) is 0 Å². The van der Waals surface area contributed by atoms with Crippen molar-refractivity contribution in [2.75, 3.05) is 0 Å². The quantitative estimate of drug-likeness (QED) is 0.380. The fourth-order valence-corrected chi connectivity index (χ4v) is 0. The van der Waals surface area contributed by atoms with Gasteiger partial charge in [-0.15, -0.1) is 0 Å². The molecule has 0 atom stereocenters. The van der Waals surface area contributed by atoms with Crippen LogP contribution in [-0.2, 0) is 64.7 Å². The molecule has 6 heavy (non-hydrogen) atoms. The minimum atomic E-state index is -0.653. The maximum absolute atomic E-state index is 8.44. The van der Waals surface area contributed by atoms with E-state index in [0.29, 0.717) is 0 Å². The molecule has 1 nitrogen and oxygen atoms in total. The average Bonchev–Trinajstić information content (AvgIpc) is 1.72. The van der Waals surface area contributed by atoms with Gasteiger partial charge in [-0.1, -0.05) is 0 Å². The molecule has 0 saturated heterocycles. The van der Waals surface area contributed by atoms with E-state index in [9.17, 15) is 0 Å². The summed E-state index contributed by atoms with van der Waals surface area (Å²) in [6.45, 7) is 0. The zero-order valence-electron chi connectivity index (χ0n) is 3.29. The Morgan fingerprint density at radius 3 is 1.33 bits per heavy atom. The van der Waals surface area contributed by atoms with Crippen LogP contribution in [0.15, 0.2) is 0 Å². The molecule has 0 rings (SSSR count). The molecule has 0 heterocycles. The van der Waals surface area contributed by atoms with Gasteiger partial charge in [0.1, 0.15) is 0 Å². The molecule has 26 valence electrons. The van der Waals surface area contributed by atoms with E-state index in [1.807, 2.05) is 0 Å². The molecule has 0 aliphatic heterocycles. The van der Waals surface area contributed by atoms with Gasteiger partial charge in [0.15, 0.2) is 0 Å². The summed E-state index contributed by atoms with van der Waals surface area (Å²) in [7, 11) is 10.8. The third kappa shape index (κ3) is 15.7. The van der Waals surface area contributed by atoms with Gasteiger partial charge in [0, 0.05) is 0 Å². The first-order chi connectivity index (χ1) is 2.91. The van der Waals surface area contributed by atoms with E-state index < -0.39 is 36.0 Å². The molecule has 0 spiro atoms. The summed E-state index contributed by atoms with van der Waals surface area (Å²) >= 11 is -1.53. The summed E-state index contributed by atoms with van der Waals surface area (Å²) in [5.74, 6) is 0. The second kappa shape index (κ2) is 15.7. The Bertz CT molecular complexity index is 16.3. The fraction of sp³-hybridized carbons (Fsp3) is 0. The Morgan fingerprint density at radius 2 is 1.33 bits per heavy atom. The fourth-order valence-electron chi connectivity index (χ4n) is 0. The van der Waals surface area contributed by atoms with Gasteiger partial charge in [-0.3, -0.25) is 0 Å². The monoisotopic (exact) mass is 692 g/mol. The van der Waals surface area contributed by atoms with Crippen molar-refractivity contribution in [3.05, 3.63) is 0 Å². The summed E-state index contributed by atoms with van der Waals surface area (Å²) in [6.07, 6.45) is 0. The Hall–Kier alpha value is 3.19. The van der Waals surface area contributed by atoms with Crippen molar-refractivity contribution >= 4 is 16.5 Å². The van der Waals surface area contributed by atoms with Crippen molar-refractivity contribution in [3.8, 4) is 0 Å². The molecule has 6 heteroatoms. The summed E-state index contributed by atoms with van der Waals surface area (Å²) in [6, 6.07) is 0. The van der Waals surface area contributed by atoms with Gasteiger partial charge >= 0.3 is 81.2 Å². The molecule has 0 aliphatic carbocycles. The first kappa shape index (κ1) is 11.9. The van der Waals surface area contributed by atoms with Gasteiger partial charge in [0.05, 0.1) is 0 Å². The predicted octanol–water partition coefficient (Wildman–Crippen LogP) is 1.25. The van der Waals surface area contributed by atoms with Gasteiger partial charge < -0.3 is 0 Å². The molecule has 0 aromatic rings. The third-order valence-electron chi connectivity index (χ3n) is 0.0714. The topological polar surface area (TPSA) is 17.1 Å². The molecular formula is Cl2Hg3O. The Balaban J connectivity index is 0. The summed E-state index contributed by atoms with van der Waals surface area (Å²) in [5.41, 5.74) is 0. The molecule has 0 radical (unpaired) electrons. The third-order valence-corrected chi connectivity index (χ3v) is 49.5. The Kier molecular flexibility index (Phi) is 31.2. The molecule has 0 N–H and O–H groups in total. The Labute approximate surface area is 79.0 Å². The zero-order valence-corrected chi connectivity index (χ0v) is 21.3. The van der Waals surface area contributed by atoms with E-state index >= 15 is 0 Å². The first-order valence-corrected chi connectivity index (χ1v) is 55.1. The number of rotatable bonds is 1. The van der Waals surface area contributed by atoms with Gasteiger partial charge in [0.25, 0.3) is 0 Å². The molecule has 0 aliphatic rings. The van der Waals surface area contributed by atoms with Crippen LogP contribution in [0.2, 0.25) is 0 Å². The van der Waals surface area contributed by atoms with Crippen LogP contribution in [0.5, 0.6) is 0 Å². The summed E-state index contributed by atoms with van der Waals surface area (Å²) < 4.78 is 8.44. The summed E-state index contributed by atoms with van der Waals surface area (Å²) in [5, 5.41) is 0.